The number of hydrogen-bond acceptors (Lipinski definition) is 3. The van der Waals surface area contributed by atoms with Gasteiger partial charge in [0.2, 0.25) is 5.91 Å². The van der Waals surface area contributed by atoms with Crippen molar-refractivity contribution in [3.63, 3.8) is 0 Å². The van der Waals surface area contributed by atoms with E-state index in [9.17, 15) is 4.79 Å². The van der Waals surface area contributed by atoms with Gasteiger partial charge in [0, 0.05) is 19.7 Å². The topological polar surface area (TPSA) is 50.4 Å². The Morgan fingerprint density at radius 2 is 1.62 bits per heavy atom. The normalized spacial score (nSPS) is 12.6. The van der Waals surface area contributed by atoms with Crippen LogP contribution in [0.25, 0.3) is 0 Å². The molecule has 0 aromatic rings. The second-order valence-corrected chi connectivity index (χ2v) is 5.86. The molecule has 1 unspecified atom stereocenters. The summed E-state index contributed by atoms with van der Waals surface area (Å²) in [5, 5.41) is 6.41. The highest BCUT2D eigenvalue weighted by Crippen LogP contribution is 2.11. The summed E-state index contributed by atoms with van der Waals surface area (Å²) in [5.41, 5.74) is 0. The summed E-state index contributed by atoms with van der Waals surface area (Å²) < 4.78 is 4.95. The van der Waals surface area contributed by atoms with Crippen LogP contribution < -0.4 is 10.6 Å². The van der Waals surface area contributed by atoms with E-state index in [1.807, 2.05) is 6.92 Å². The van der Waals surface area contributed by atoms with Crippen molar-refractivity contribution in [1.82, 2.24) is 10.6 Å². The lowest BCUT2D eigenvalue weighted by atomic mass is 10.0. The smallest absolute Gasteiger partial charge is 0.236 e. The summed E-state index contributed by atoms with van der Waals surface area (Å²) in [5.74, 6) is 0.0723. The summed E-state index contributed by atoms with van der Waals surface area (Å²) in [7, 11) is 1.64. The molecule has 21 heavy (non-hydrogen) atoms. The summed E-state index contributed by atoms with van der Waals surface area (Å²) in [6.45, 7) is 7.55. The Hall–Kier alpha value is -0.610. The molecule has 1 amide bonds. The number of carbonyl (C=O) groups is 1. The SMILES string of the molecule is CCCCCC(CCCCC)NC(C)C(=O)NCCOC. The van der Waals surface area contributed by atoms with Crippen LogP contribution in [-0.4, -0.2) is 38.3 Å². The molecule has 2 N–H and O–H groups in total. The van der Waals surface area contributed by atoms with Crippen LogP contribution in [0, 0.1) is 0 Å². The highest BCUT2D eigenvalue weighted by Gasteiger charge is 2.17. The number of methoxy groups -OCH3 is 1. The first kappa shape index (κ1) is 20.4. The molecule has 0 saturated heterocycles. The van der Waals surface area contributed by atoms with Gasteiger partial charge in [-0.25, -0.2) is 0 Å². The second kappa shape index (κ2) is 14.3. The van der Waals surface area contributed by atoms with Gasteiger partial charge in [-0.2, -0.15) is 0 Å². The Balaban J connectivity index is 4.11. The summed E-state index contributed by atoms with van der Waals surface area (Å²) in [6, 6.07) is 0.335. The van der Waals surface area contributed by atoms with Gasteiger partial charge in [-0.1, -0.05) is 52.4 Å². The minimum atomic E-state index is -0.130. The summed E-state index contributed by atoms with van der Waals surface area (Å²) in [6.07, 6.45) is 9.89. The van der Waals surface area contributed by atoms with Crippen LogP contribution in [0.1, 0.15) is 72.1 Å². The first-order valence-corrected chi connectivity index (χ1v) is 8.68. The number of hydrogen-bond donors (Lipinski definition) is 2. The highest BCUT2D eigenvalue weighted by molar-refractivity contribution is 5.81. The lowest BCUT2D eigenvalue weighted by molar-refractivity contribution is -0.123. The Morgan fingerprint density at radius 3 is 2.10 bits per heavy atom. The highest BCUT2D eigenvalue weighted by atomic mass is 16.5. The van der Waals surface area contributed by atoms with Crippen LogP contribution in [0.4, 0.5) is 0 Å². The molecule has 0 bridgehead atoms. The molecule has 0 rings (SSSR count). The maximum Gasteiger partial charge on any atom is 0.236 e. The van der Waals surface area contributed by atoms with Gasteiger partial charge >= 0.3 is 0 Å². The van der Waals surface area contributed by atoms with E-state index in [0.29, 0.717) is 19.2 Å². The molecule has 4 nitrogen and oxygen atoms in total. The fourth-order valence-corrected chi connectivity index (χ4v) is 2.45. The molecule has 0 spiro atoms. The summed E-state index contributed by atoms with van der Waals surface area (Å²) >= 11 is 0. The van der Waals surface area contributed by atoms with Gasteiger partial charge in [0.25, 0.3) is 0 Å². The van der Waals surface area contributed by atoms with Gasteiger partial charge in [-0.15, -0.1) is 0 Å². The van der Waals surface area contributed by atoms with E-state index in [4.69, 9.17) is 4.74 Å². The van der Waals surface area contributed by atoms with Crippen molar-refractivity contribution in [2.24, 2.45) is 0 Å². The van der Waals surface area contributed by atoms with Gasteiger partial charge in [0.05, 0.1) is 12.6 Å². The van der Waals surface area contributed by atoms with Crippen molar-refractivity contribution in [2.45, 2.75) is 84.2 Å². The minimum absolute atomic E-state index is 0.0723. The Bertz CT molecular complexity index is 237. The van der Waals surface area contributed by atoms with Crippen LogP contribution in [0.5, 0.6) is 0 Å². The molecule has 0 aliphatic heterocycles. The van der Waals surface area contributed by atoms with E-state index >= 15 is 0 Å². The third-order valence-corrected chi connectivity index (χ3v) is 3.80. The zero-order chi connectivity index (χ0) is 15.9. The van der Waals surface area contributed by atoms with E-state index in [-0.39, 0.29) is 11.9 Å². The van der Waals surface area contributed by atoms with Crippen LogP contribution in [-0.2, 0) is 9.53 Å². The van der Waals surface area contributed by atoms with Crippen LogP contribution in [0.2, 0.25) is 0 Å². The Kier molecular flexibility index (Phi) is 13.9. The lowest BCUT2D eigenvalue weighted by Crippen LogP contribution is -2.47. The number of carbonyl (C=O) groups excluding carboxylic acids is 1. The maximum atomic E-state index is 12.0. The molecular weight excluding hydrogens is 264 g/mol. The second-order valence-electron chi connectivity index (χ2n) is 5.86. The van der Waals surface area contributed by atoms with Crippen molar-refractivity contribution >= 4 is 5.91 Å². The number of unbranched alkanes of at least 4 members (excludes halogenated alkanes) is 4. The predicted molar refractivity (Wildman–Crippen MR) is 89.6 cm³/mol. The molecule has 0 fully saturated rings. The third-order valence-electron chi connectivity index (χ3n) is 3.80. The minimum Gasteiger partial charge on any atom is -0.383 e. The number of ether oxygens (including phenoxy) is 1. The molecule has 4 heteroatoms. The van der Waals surface area contributed by atoms with Gasteiger partial charge in [0.15, 0.2) is 0 Å². The van der Waals surface area contributed by atoms with Crippen LogP contribution in [0.3, 0.4) is 0 Å². The third kappa shape index (κ3) is 11.7. The van der Waals surface area contributed by atoms with Gasteiger partial charge in [-0.05, 0) is 19.8 Å². The Morgan fingerprint density at radius 1 is 1.05 bits per heavy atom. The predicted octanol–water partition coefficient (Wildman–Crippen LogP) is 3.26. The average molecular weight is 300 g/mol. The van der Waals surface area contributed by atoms with E-state index in [1.165, 1.54) is 51.4 Å². The van der Waals surface area contributed by atoms with Gasteiger partial charge in [0.1, 0.15) is 0 Å². The van der Waals surface area contributed by atoms with E-state index in [1.54, 1.807) is 7.11 Å². The van der Waals surface area contributed by atoms with Crippen LogP contribution in [0.15, 0.2) is 0 Å². The molecule has 0 saturated carbocycles. The van der Waals surface area contributed by atoms with Crippen LogP contribution >= 0.6 is 0 Å². The van der Waals surface area contributed by atoms with Crippen molar-refractivity contribution in [3.8, 4) is 0 Å². The first-order chi connectivity index (χ1) is 10.2. The molecule has 0 radical (unpaired) electrons. The van der Waals surface area contributed by atoms with E-state index in [0.717, 1.165) is 0 Å². The monoisotopic (exact) mass is 300 g/mol. The van der Waals surface area contributed by atoms with Crippen molar-refractivity contribution < 1.29 is 9.53 Å². The standard InChI is InChI=1S/C17H36N2O2/c1-5-7-9-11-16(12-10-8-6-2)19-15(3)17(20)18-13-14-21-4/h15-16,19H,5-14H2,1-4H3,(H,18,20). The van der Waals surface area contributed by atoms with Crippen molar-refractivity contribution in [1.29, 1.82) is 0 Å². The maximum absolute atomic E-state index is 12.0. The van der Waals surface area contributed by atoms with Gasteiger partial charge in [-0.3, -0.25) is 4.79 Å². The zero-order valence-corrected chi connectivity index (χ0v) is 14.5. The lowest BCUT2D eigenvalue weighted by Gasteiger charge is -2.23. The van der Waals surface area contributed by atoms with E-state index in [2.05, 4.69) is 24.5 Å². The number of rotatable bonds is 14. The van der Waals surface area contributed by atoms with E-state index < -0.39 is 0 Å². The molecule has 0 aromatic heterocycles. The van der Waals surface area contributed by atoms with Crippen molar-refractivity contribution in [3.05, 3.63) is 0 Å². The van der Waals surface area contributed by atoms with Crippen molar-refractivity contribution in [2.75, 3.05) is 20.3 Å². The number of nitrogens with one attached hydrogen (secondary N) is 2. The molecule has 126 valence electrons. The zero-order valence-electron chi connectivity index (χ0n) is 14.5. The summed E-state index contributed by atoms with van der Waals surface area (Å²) in [4.78, 5) is 12.0. The molecule has 1 atom stereocenters. The molecule has 0 heterocycles. The molecule has 0 aromatic carbocycles. The molecule has 0 aliphatic carbocycles. The van der Waals surface area contributed by atoms with Gasteiger partial charge < -0.3 is 15.4 Å². The molecule has 0 aliphatic rings. The average Bonchev–Trinajstić information content (AvgIpc) is 2.47. The largest absolute Gasteiger partial charge is 0.383 e. The molecular formula is C17H36N2O2. The first-order valence-electron chi connectivity index (χ1n) is 8.68. The Labute approximate surface area is 131 Å². The fourth-order valence-electron chi connectivity index (χ4n) is 2.45. The quantitative estimate of drug-likeness (QED) is 0.484. The number of amides is 1. The fraction of sp³-hybridized carbons (Fsp3) is 0.941.